The van der Waals surface area contributed by atoms with Crippen LogP contribution in [0.1, 0.15) is 24.7 Å². The third kappa shape index (κ3) is 4.30. The Morgan fingerprint density at radius 2 is 1.67 bits per heavy atom. The highest BCUT2D eigenvalue weighted by molar-refractivity contribution is 9.10. The van der Waals surface area contributed by atoms with E-state index in [1.54, 1.807) is 0 Å². The van der Waals surface area contributed by atoms with Crippen LogP contribution in [0.3, 0.4) is 0 Å². The lowest BCUT2D eigenvalue weighted by Gasteiger charge is -2.34. The minimum Gasteiger partial charge on any atom is -0.368 e. The van der Waals surface area contributed by atoms with Crippen molar-refractivity contribution >= 4 is 45.1 Å². The summed E-state index contributed by atoms with van der Waals surface area (Å²) in [5, 5.41) is 3.32. The molecule has 0 aromatic heterocycles. The van der Waals surface area contributed by atoms with E-state index in [4.69, 9.17) is 9.05 Å². The van der Waals surface area contributed by atoms with Crippen molar-refractivity contribution in [2.75, 3.05) is 11.9 Å². The smallest absolute Gasteiger partial charge is 0.357 e. The average Bonchev–Trinajstić information content (AvgIpc) is 2.55. The summed E-state index contributed by atoms with van der Waals surface area (Å²) in [6.07, 6.45) is 0.657. The van der Waals surface area contributed by atoms with Gasteiger partial charge in [-0.3, -0.25) is 4.57 Å². The highest BCUT2D eigenvalue weighted by Crippen LogP contribution is 2.63. The molecule has 0 aliphatic carbocycles. The topological polar surface area (TPSA) is 47.6 Å². The first kappa shape index (κ1) is 18.2. The van der Waals surface area contributed by atoms with E-state index < -0.39 is 13.4 Å². The summed E-state index contributed by atoms with van der Waals surface area (Å²) in [5.74, 6) is -0.561. The van der Waals surface area contributed by atoms with Crippen LogP contribution in [0, 0.1) is 0 Å². The van der Waals surface area contributed by atoms with Crippen molar-refractivity contribution in [1.82, 2.24) is 0 Å². The third-order valence-corrected chi connectivity index (χ3v) is 7.09. The first-order valence-electron chi connectivity index (χ1n) is 7.66. The summed E-state index contributed by atoms with van der Waals surface area (Å²) in [7, 11) is -3.33. The molecule has 128 valence electrons. The zero-order valence-electron chi connectivity index (χ0n) is 13.1. The van der Waals surface area contributed by atoms with Crippen molar-refractivity contribution in [3.63, 3.8) is 0 Å². The fourth-order valence-electron chi connectivity index (χ4n) is 2.51. The summed E-state index contributed by atoms with van der Waals surface area (Å²) in [6.45, 7) is 2.36. The number of hydrogen-bond donors (Lipinski definition) is 1. The standard InChI is InChI=1S/C17H18Br2NO3P/c1-12-10-11-22-24(21,23-12)17(13-2-4-14(18)5-3-13)20-16-8-6-15(19)7-9-16/h2-9,12,17,20H,10-11H2,1H3. The van der Waals surface area contributed by atoms with E-state index in [0.717, 1.165) is 26.6 Å². The van der Waals surface area contributed by atoms with Crippen LogP contribution in [-0.2, 0) is 13.6 Å². The molecule has 1 N–H and O–H groups in total. The van der Waals surface area contributed by atoms with Gasteiger partial charge in [0.1, 0.15) is 0 Å². The van der Waals surface area contributed by atoms with E-state index in [9.17, 15) is 4.57 Å². The lowest BCUT2D eigenvalue weighted by molar-refractivity contribution is 0.0887. The Balaban J connectivity index is 1.95. The molecule has 0 amide bonds. The van der Waals surface area contributed by atoms with Gasteiger partial charge in [-0.25, -0.2) is 0 Å². The highest BCUT2D eigenvalue weighted by atomic mass is 79.9. The molecule has 2 aromatic rings. The highest BCUT2D eigenvalue weighted by Gasteiger charge is 2.41. The molecule has 1 aliphatic rings. The maximum atomic E-state index is 13.4. The molecule has 3 atom stereocenters. The van der Waals surface area contributed by atoms with Gasteiger partial charge in [0.25, 0.3) is 0 Å². The van der Waals surface area contributed by atoms with Gasteiger partial charge in [0.15, 0.2) is 5.78 Å². The molecule has 3 rings (SSSR count). The number of halogens is 2. The Kier molecular flexibility index (Phi) is 5.83. The number of anilines is 1. The zero-order valence-corrected chi connectivity index (χ0v) is 17.2. The van der Waals surface area contributed by atoms with Crippen molar-refractivity contribution in [2.45, 2.75) is 25.2 Å². The third-order valence-electron chi connectivity index (χ3n) is 3.77. The maximum absolute atomic E-state index is 13.4. The van der Waals surface area contributed by atoms with E-state index in [1.807, 2.05) is 55.5 Å². The Morgan fingerprint density at radius 1 is 1.08 bits per heavy atom. The van der Waals surface area contributed by atoms with Crippen molar-refractivity contribution in [3.8, 4) is 0 Å². The van der Waals surface area contributed by atoms with Crippen molar-refractivity contribution in [1.29, 1.82) is 0 Å². The van der Waals surface area contributed by atoms with Crippen LogP contribution in [0.25, 0.3) is 0 Å². The fourth-order valence-corrected chi connectivity index (χ4v) is 5.18. The largest absolute Gasteiger partial charge is 0.368 e. The summed E-state index contributed by atoms with van der Waals surface area (Å²) >= 11 is 6.85. The van der Waals surface area contributed by atoms with Gasteiger partial charge in [-0.1, -0.05) is 44.0 Å². The first-order valence-corrected chi connectivity index (χ1v) is 10.9. The summed E-state index contributed by atoms with van der Waals surface area (Å²) in [5.41, 5.74) is 1.71. The molecular formula is C17H18Br2NO3P. The van der Waals surface area contributed by atoms with Crippen molar-refractivity contribution in [2.24, 2.45) is 0 Å². The lowest BCUT2D eigenvalue weighted by Crippen LogP contribution is -2.23. The van der Waals surface area contributed by atoms with Crippen LogP contribution in [0.4, 0.5) is 5.69 Å². The van der Waals surface area contributed by atoms with Crippen molar-refractivity contribution in [3.05, 3.63) is 63.0 Å². The Labute approximate surface area is 158 Å². The van der Waals surface area contributed by atoms with E-state index in [1.165, 1.54) is 0 Å². The Hall–Kier alpha value is -0.650. The van der Waals surface area contributed by atoms with Crippen LogP contribution >= 0.6 is 39.5 Å². The lowest BCUT2D eigenvalue weighted by atomic mass is 10.2. The van der Waals surface area contributed by atoms with Crippen molar-refractivity contribution < 1.29 is 13.6 Å². The monoisotopic (exact) mass is 473 g/mol. The first-order chi connectivity index (χ1) is 11.5. The molecule has 0 saturated carbocycles. The van der Waals surface area contributed by atoms with Gasteiger partial charge in [-0.05, 0) is 55.3 Å². The number of benzene rings is 2. The summed E-state index contributed by atoms with van der Waals surface area (Å²) in [4.78, 5) is 0. The van der Waals surface area contributed by atoms with Gasteiger partial charge in [-0.2, -0.15) is 0 Å². The molecule has 1 saturated heterocycles. The number of rotatable bonds is 4. The minimum atomic E-state index is -3.33. The predicted octanol–water partition coefficient (Wildman–Crippen LogP) is 6.34. The summed E-state index contributed by atoms with van der Waals surface area (Å²) < 4.78 is 26.7. The molecule has 7 heteroatoms. The van der Waals surface area contributed by atoms with Gasteiger partial charge in [0, 0.05) is 14.6 Å². The van der Waals surface area contributed by atoms with E-state index in [0.29, 0.717) is 6.61 Å². The second kappa shape index (κ2) is 7.71. The second-order valence-corrected chi connectivity index (χ2v) is 9.58. The Bertz CT molecular complexity index is 737. The molecule has 1 heterocycles. The second-order valence-electron chi connectivity index (χ2n) is 5.68. The molecule has 1 aliphatic heterocycles. The van der Waals surface area contributed by atoms with E-state index in [-0.39, 0.29) is 6.10 Å². The number of hydrogen-bond acceptors (Lipinski definition) is 4. The predicted molar refractivity (Wildman–Crippen MR) is 103 cm³/mol. The zero-order chi connectivity index (χ0) is 17.2. The van der Waals surface area contributed by atoms with Gasteiger partial charge in [0.2, 0.25) is 0 Å². The van der Waals surface area contributed by atoms with E-state index >= 15 is 0 Å². The summed E-state index contributed by atoms with van der Waals surface area (Å²) in [6, 6.07) is 15.4. The van der Waals surface area contributed by atoms with Crippen LogP contribution in [0.2, 0.25) is 0 Å². The molecule has 0 bridgehead atoms. The molecule has 24 heavy (non-hydrogen) atoms. The van der Waals surface area contributed by atoms with Gasteiger partial charge in [0.05, 0.1) is 12.7 Å². The fraction of sp³-hybridized carbons (Fsp3) is 0.294. The minimum absolute atomic E-state index is 0.0887. The van der Waals surface area contributed by atoms with Gasteiger partial charge < -0.3 is 14.4 Å². The van der Waals surface area contributed by atoms with Crippen LogP contribution < -0.4 is 5.32 Å². The van der Waals surface area contributed by atoms with Crippen LogP contribution in [0.15, 0.2) is 57.5 Å². The Morgan fingerprint density at radius 3 is 2.25 bits per heavy atom. The molecule has 0 spiro atoms. The molecule has 4 nitrogen and oxygen atoms in total. The molecule has 2 aromatic carbocycles. The molecule has 0 radical (unpaired) electrons. The van der Waals surface area contributed by atoms with Crippen LogP contribution in [0.5, 0.6) is 0 Å². The quantitative estimate of drug-likeness (QED) is 0.525. The SMILES string of the molecule is CC1CCOP(=O)(C(Nc2ccc(Br)cc2)c2ccc(Br)cc2)O1. The molecule has 1 fully saturated rings. The normalized spacial score (nSPS) is 25.2. The van der Waals surface area contributed by atoms with Gasteiger partial charge in [-0.15, -0.1) is 0 Å². The number of nitrogens with one attached hydrogen (secondary N) is 1. The maximum Gasteiger partial charge on any atom is 0.357 e. The van der Waals surface area contributed by atoms with E-state index in [2.05, 4.69) is 37.2 Å². The van der Waals surface area contributed by atoms with Crippen LogP contribution in [-0.4, -0.2) is 12.7 Å². The average molecular weight is 475 g/mol. The molecule has 3 unspecified atom stereocenters. The molecular weight excluding hydrogens is 457 g/mol. The van der Waals surface area contributed by atoms with Gasteiger partial charge >= 0.3 is 7.60 Å².